The number of urea groups is 1. The van der Waals surface area contributed by atoms with Crippen molar-refractivity contribution in [2.24, 2.45) is 5.73 Å². The van der Waals surface area contributed by atoms with Crippen molar-refractivity contribution < 1.29 is 14.1 Å². The summed E-state index contributed by atoms with van der Waals surface area (Å²) in [7, 11) is 0. The Bertz CT molecular complexity index is 386. The fourth-order valence-corrected chi connectivity index (χ4v) is 1.25. The van der Waals surface area contributed by atoms with E-state index in [1.54, 1.807) is 0 Å². The zero-order chi connectivity index (χ0) is 12.1. The van der Waals surface area contributed by atoms with Gasteiger partial charge >= 0.3 is 6.03 Å². The van der Waals surface area contributed by atoms with Gasteiger partial charge in [-0.3, -0.25) is 9.69 Å². The molecule has 0 atom stereocenters. The molecule has 0 saturated carbocycles. The molecule has 0 aliphatic heterocycles. The van der Waals surface area contributed by atoms with E-state index in [2.05, 4.69) is 5.16 Å². The van der Waals surface area contributed by atoms with Gasteiger partial charge in [-0.05, 0) is 6.42 Å². The van der Waals surface area contributed by atoms with E-state index in [0.717, 1.165) is 4.90 Å². The van der Waals surface area contributed by atoms with Gasteiger partial charge in [0.05, 0.1) is 0 Å². The van der Waals surface area contributed by atoms with Crippen LogP contribution in [0, 0.1) is 0 Å². The predicted molar refractivity (Wildman–Crippen MR) is 56.8 cm³/mol. The highest BCUT2D eigenvalue weighted by Gasteiger charge is 2.22. The van der Waals surface area contributed by atoms with Crippen molar-refractivity contribution >= 4 is 11.9 Å². The lowest BCUT2D eigenvalue weighted by Crippen LogP contribution is -2.41. The minimum atomic E-state index is -0.770. The van der Waals surface area contributed by atoms with Gasteiger partial charge in [-0.15, -0.1) is 0 Å². The van der Waals surface area contributed by atoms with Crippen molar-refractivity contribution in [3.63, 3.8) is 0 Å². The third-order valence-electron chi connectivity index (χ3n) is 2.08. The third-order valence-corrected chi connectivity index (χ3v) is 2.08. The molecule has 1 rings (SSSR count). The lowest BCUT2D eigenvalue weighted by Gasteiger charge is -2.15. The molecule has 16 heavy (non-hydrogen) atoms. The van der Waals surface area contributed by atoms with Crippen molar-refractivity contribution in [2.75, 3.05) is 6.54 Å². The van der Waals surface area contributed by atoms with E-state index < -0.39 is 11.9 Å². The molecule has 0 saturated heterocycles. The molecule has 0 fully saturated rings. The smallest absolute Gasteiger partial charge is 0.321 e. The van der Waals surface area contributed by atoms with E-state index in [4.69, 9.17) is 10.3 Å². The van der Waals surface area contributed by atoms with Crippen molar-refractivity contribution in [3.05, 3.63) is 17.5 Å². The van der Waals surface area contributed by atoms with Crippen molar-refractivity contribution in [1.29, 1.82) is 0 Å². The molecule has 0 radical (unpaired) electrons. The van der Waals surface area contributed by atoms with Crippen LogP contribution in [0.25, 0.3) is 0 Å². The second-order valence-electron chi connectivity index (χ2n) is 3.33. The van der Waals surface area contributed by atoms with E-state index in [0.29, 0.717) is 18.6 Å². The Labute approximate surface area is 93.4 Å². The SMILES string of the molecule is CCCN(C(N)=O)C(=O)c1cc(CC)on1. The monoisotopic (exact) mass is 225 g/mol. The predicted octanol–water partition coefficient (Wildman–Crippen LogP) is 1.17. The Morgan fingerprint density at radius 2 is 2.19 bits per heavy atom. The summed E-state index contributed by atoms with van der Waals surface area (Å²) >= 11 is 0. The number of rotatable bonds is 4. The summed E-state index contributed by atoms with van der Waals surface area (Å²) in [5.41, 5.74) is 5.22. The standard InChI is InChI=1S/C10H15N3O3/c1-3-5-13(10(11)15)9(14)8-6-7(4-2)16-12-8/h6H,3-5H2,1-2H3,(H2,11,15). The highest BCUT2D eigenvalue weighted by Crippen LogP contribution is 2.08. The number of aromatic nitrogens is 1. The Morgan fingerprint density at radius 3 is 2.62 bits per heavy atom. The number of imide groups is 1. The average Bonchev–Trinajstić information content (AvgIpc) is 2.73. The van der Waals surface area contributed by atoms with Crippen molar-refractivity contribution in [2.45, 2.75) is 26.7 Å². The van der Waals surface area contributed by atoms with Gasteiger partial charge in [-0.2, -0.15) is 0 Å². The maximum absolute atomic E-state index is 11.8. The van der Waals surface area contributed by atoms with Gasteiger partial charge in [-0.1, -0.05) is 19.0 Å². The number of nitrogens with zero attached hydrogens (tertiary/aromatic N) is 2. The van der Waals surface area contributed by atoms with E-state index >= 15 is 0 Å². The molecule has 1 aromatic rings. The number of nitrogens with two attached hydrogens (primary N) is 1. The molecule has 6 nitrogen and oxygen atoms in total. The zero-order valence-corrected chi connectivity index (χ0v) is 9.40. The minimum absolute atomic E-state index is 0.115. The van der Waals surface area contributed by atoms with E-state index in [-0.39, 0.29) is 12.2 Å². The van der Waals surface area contributed by atoms with Crippen molar-refractivity contribution in [1.82, 2.24) is 10.1 Å². The normalized spacial score (nSPS) is 10.1. The van der Waals surface area contributed by atoms with E-state index in [1.165, 1.54) is 6.07 Å². The first-order chi connectivity index (χ1) is 7.60. The van der Waals surface area contributed by atoms with Gasteiger partial charge in [0.25, 0.3) is 5.91 Å². The summed E-state index contributed by atoms with van der Waals surface area (Å²) < 4.78 is 4.89. The molecule has 6 heteroatoms. The van der Waals surface area contributed by atoms with Crippen LogP contribution in [0.1, 0.15) is 36.5 Å². The number of amides is 3. The number of hydrogen-bond donors (Lipinski definition) is 1. The Kier molecular flexibility index (Phi) is 4.04. The van der Waals surface area contributed by atoms with Gasteiger partial charge in [0, 0.05) is 19.0 Å². The van der Waals surface area contributed by atoms with Crippen LogP contribution in [0.4, 0.5) is 4.79 Å². The van der Waals surface area contributed by atoms with E-state index in [9.17, 15) is 9.59 Å². The molecule has 0 spiro atoms. The molecule has 1 heterocycles. The summed E-state index contributed by atoms with van der Waals surface area (Å²) in [5, 5.41) is 3.60. The molecular weight excluding hydrogens is 210 g/mol. The number of primary amides is 1. The molecule has 0 unspecified atom stereocenters. The number of hydrogen-bond acceptors (Lipinski definition) is 4. The number of aryl methyl sites for hydroxylation is 1. The largest absolute Gasteiger partial charge is 0.361 e. The lowest BCUT2D eigenvalue weighted by molar-refractivity contribution is 0.0798. The Hall–Kier alpha value is -1.85. The van der Waals surface area contributed by atoms with Crippen LogP contribution in [-0.2, 0) is 6.42 Å². The van der Waals surface area contributed by atoms with Gasteiger partial charge in [-0.25, -0.2) is 4.79 Å². The van der Waals surface area contributed by atoms with Crippen LogP contribution >= 0.6 is 0 Å². The fourth-order valence-electron chi connectivity index (χ4n) is 1.25. The van der Waals surface area contributed by atoms with Crippen LogP contribution < -0.4 is 5.73 Å². The van der Waals surface area contributed by atoms with Gasteiger partial charge in [0.1, 0.15) is 5.76 Å². The maximum atomic E-state index is 11.8. The number of carbonyl (C=O) groups excluding carboxylic acids is 2. The Balaban J connectivity index is 2.85. The molecule has 88 valence electrons. The van der Waals surface area contributed by atoms with Gasteiger partial charge < -0.3 is 10.3 Å². The van der Waals surface area contributed by atoms with Crippen molar-refractivity contribution in [3.8, 4) is 0 Å². The van der Waals surface area contributed by atoms with Gasteiger partial charge in [0.2, 0.25) is 0 Å². The molecule has 2 N–H and O–H groups in total. The summed E-state index contributed by atoms with van der Waals surface area (Å²) in [6, 6.07) is 0.751. The third kappa shape index (κ3) is 2.59. The minimum Gasteiger partial charge on any atom is -0.361 e. The molecule has 0 aliphatic carbocycles. The first-order valence-corrected chi connectivity index (χ1v) is 5.17. The lowest BCUT2D eigenvalue weighted by atomic mass is 10.3. The maximum Gasteiger partial charge on any atom is 0.321 e. The van der Waals surface area contributed by atoms with Crippen LogP contribution in [0.3, 0.4) is 0 Å². The Morgan fingerprint density at radius 1 is 1.50 bits per heavy atom. The first-order valence-electron chi connectivity index (χ1n) is 5.17. The van der Waals surface area contributed by atoms with Gasteiger partial charge in [0.15, 0.2) is 5.69 Å². The van der Waals surface area contributed by atoms with E-state index in [1.807, 2.05) is 13.8 Å². The molecule has 0 aromatic carbocycles. The summed E-state index contributed by atoms with van der Waals surface area (Å²) in [6.07, 6.45) is 1.29. The second-order valence-corrected chi connectivity index (χ2v) is 3.33. The highest BCUT2D eigenvalue weighted by atomic mass is 16.5. The molecule has 0 aliphatic rings. The van der Waals surface area contributed by atoms with Crippen LogP contribution in [0.2, 0.25) is 0 Å². The number of carbonyl (C=O) groups is 2. The van der Waals surface area contributed by atoms with Crippen LogP contribution in [0.5, 0.6) is 0 Å². The molecule has 1 aromatic heterocycles. The topological polar surface area (TPSA) is 89.4 Å². The highest BCUT2D eigenvalue weighted by molar-refractivity contribution is 6.02. The fraction of sp³-hybridized carbons (Fsp3) is 0.500. The summed E-state index contributed by atoms with van der Waals surface area (Å²) in [5.74, 6) is 0.0852. The quantitative estimate of drug-likeness (QED) is 0.832. The first kappa shape index (κ1) is 12.2. The summed E-state index contributed by atoms with van der Waals surface area (Å²) in [6.45, 7) is 4.01. The molecule has 0 bridgehead atoms. The average molecular weight is 225 g/mol. The van der Waals surface area contributed by atoms with Crippen LogP contribution in [0.15, 0.2) is 10.6 Å². The zero-order valence-electron chi connectivity index (χ0n) is 9.40. The molecular formula is C10H15N3O3. The second kappa shape index (κ2) is 5.29. The molecule has 3 amide bonds. The summed E-state index contributed by atoms with van der Waals surface area (Å²) in [4.78, 5) is 23.8. The van der Waals surface area contributed by atoms with Crippen LogP contribution in [-0.4, -0.2) is 28.5 Å².